The lowest BCUT2D eigenvalue weighted by molar-refractivity contribution is -0.141. The van der Waals surface area contributed by atoms with E-state index >= 15 is 0 Å². The molecule has 0 fully saturated rings. The molecule has 0 radical (unpaired) electrons. The number of nitrogens with zero attached hydrogens (tertiary/aromatic N) is 2. The number of carbonyl (C=O) groups is 2. The summed E-state index contributed by atoms with van der Waals surface area (Å²) in [6, 6.07) is 0.815. The molecule has 0 rings (SSSR count). The monoisotopic (exact) mass is 228 g/mol. The Morgan fingerprint density at radius 3 is 2.20 bits per heavy atom. The second kappa shape index (κ2) is 5.58. The first-order valence-electron chi connectivity index (χ1n) is 4.68. The fraction of sp³-hybridized carbons (Fsp3) is 0.667. The highest BCUT2D eigenvalue weighted by Crippen LogP contribution is 2.07. The number of ketones is 1. The lowest BCUT2D eigenvalue weighted by atomic mass is 10.3. The Bertz CT molecular complexity index is 314. The van der Waals surface area contributed by atoms with Crippen molar-refractivity contribution >= 4 is 25.5 Å². The van der Waals surface area contributed by atoms with Crippen molar-refractivity contribution in [2.45, 2.75) is 32.6 Å². The number of Topliss-reactive ketones (excluding diaryl/α,β-unsaturated/α-hetero) is 1. The van der Waals surface area contributed by atoms with Gasteiger partial charge in [-0.3, -0.25) is 4.79 Å². The van der Waals surface area contributed by atoms with Gasteiger partial charge < -0.3 is 10.3 Å². The quantitative estimate of drug-likeness (QED) is 0.177. The van der Waals surface area contributed by atoms with E-state index in [1.54, 1.807) is 0 Å². The van der Waals surface area contributed by atoms with Gasteiger partial charge in [0, 0.05) is 15.0 Å². The number of ether oxygens (including phenoxy) is 1. The maximum atomic E-state index is 11.2. The number of esters is 1. The van der Waals surface area contributed by atoms with E-state index in [1.807, 2.05) is 0 Å². The molecule has 6 heteroatoms. The average molecular weight is 228 g/mol. The molecule has 0 unspecified atom stereocenters. The van der Waals surface area contributed by atoms with Gasteiger partial charge in [0.2, 0.25) is 5.78 Å². The smallest absolute Gasteiger partial charge is 0.441 e. The molecule has 0 aliphatic rings. The molecular formula is C9H16N2O3Si. The van der Waals surface area contributed by atoms with Gasteiger partial charge in [-0.1, -0.05) is 19.6 Å². The van der Waals surface area contributed by atoms with Gasteiger partial charge in [0.15, 0.2) is 0 Å². The molecule has 0 bridgehead atoms. The van der Waals surface area contributed by atoms with Crippen LogP contribution in [0, 0.1) is 0 Å². The Morgan fingerprint density at radius 2 is 1.87 bits per heavy atom. The van der Waals surface area contributed by atoms with Crippen LogP contribution in [0.25, 0.3) is 5.53 Å². The molecule has 0 saturated carbocycles. The molecule has 5 nitrogen and oxygen atoms in total. The maximum Gasteiger partial charge on any atom is 0.441 e. The largest absolute Gasteiger partial charge is 0.457 e. The van der Waals surface area contributed by atoms with Crippen molar-refractivity contribution in [2.75, 3.05) is 6.61 Å². The van der Waals surface area contributed by atoms with E-state index < -0.39 is 25.5 Å². The second-order valence-electron chi connectivity index (χ2n) is 4.45. The van der Waals surface area contributed by atoms with E-state index in [2.05, 4.69) is 24.4 Å². The molecule has 84 valence electrons. The Morgan fingerprint density at radius 1 is 1.33 bits per heavy atom. The molecule has 0 atom stereocenters. The van der Waals surface area contributed by atoms with E-state index in [0.717, 1.165) is 13.0 Å². The number of rotatable bonds is 5. The molecule has 0 heterocycles. The van der Waals surface area contributed by atoms with Crippen LogP contribution in [0.1, 0.15) is 6.92 Å². The molecule has 0 spiro atoms. The molecule has 0 saturated heterocycles. The van der Waals surface area contributed by atoms with Crippen LogP contribution >= 0.6 is 0 Å². The van der Waals surface area contributed by atoms with Crippen molar-refractivity contribution in [3.63, 3.8) is 0 Å². The standard InChI is InChI=1S/C9H16N2O3Si/c1-7(12)8(11-10)9(13)14-5-6-15(2,3)4/h5-6H2,1-4H3. The molecule has 0 aliphatic heterocycles. The predicted molar refractivity (Wildman–Crippen MR) is 58.4 cm³/mol. The highest BCUT2D eigenvalue weighted by atomic mass is 28.3. The zero-order chi connectivity index (χ0) is 12.1. The van der Waals surface area contributed by atoms with Crippen LogP contribution in [0.2, 0.25) is 25.7 Å². The Kier molecular flexibility index (Phi) is 5.11. The van der Waals surface area contributed by atoms with Gasteiger partial charge in [-0.15, -0.1) is 0 Å². The highest BCUT2D eigenvalue weighted by Gasteiger charge is 2.27. The van der Waals surface area contributed by atoms with Crippen LogP contribution in [0.3, 0.4) is 0 Å². The first kappa shape index (κ1) is 13.7. The van der Waals surface area contributed by atoms with E-state index in [0.29, 0.717) is 0 Å². The predicted octanol–water partition coefficient (Wildman–Crippen LogP) is 1.13. The minimum atomic E-state index is -1.26. The van der Waals surface area contributed by atoms with Crippen molar-refractivity contribution in [1.29, 1.82) is 0 Å². The summed E-state index contributed by atoms with van der Waals surface area (Å²) in [7, 11) is -1.26. The highest BCUT2D eigenvalue weighted by molar-refractivity contribution is 6.76. The summed E-state index contributed by atoms with van der Waals surface area (Å²) in [5.41, 5.74) is 7.85. The fourth-order valence-electron chi connectivity index (χ4n) is 0.773. The molecule has 0 aromatic carbocycles. The van der Waals surface area contributed by atoms with Crippen molar-refractivity contribution in [3.05, 3.63) is 5.53 Å². The molecule has 0 aromatic rings. The van der Waals surface area contributed by atoms with Crippen molar-refractivity contribution < 1.29 is 19.1 Å². The SMILES string of the molecule is CC(=O)C(=[N+]=[N-])C(=O)OCC[Si](C)(C)C. The summed E-state index contributed by atoms with van der Waals surface area (Å²) in [5, 5.41) is 0. The van der Waals surface area contributed by atoms with Gasteiger partial charge in [-0.05, 0) is 6.04 Å². The van der Waals surface area contributed by atoms with Gasteiger partial charge in [-0.2, -0.15) is 4.79 Å². The van der Waals surface area contributed by atoms with Crippen LogP contribution in [0.15, 0.2) is 0 Å². The van der Waals surface area contributed by atoms with Crippen molar-refractivity contribution in [3.8, 4) is 0 Å². The van der Waals surface area contributed by atoms with Crippen LogP contribution in [-0.2, 0) is 14.3 Å². The fourth-order valence-corrected chi connectivity index (χ4v) is 1.49. The van der Waals surface area contributed by atoms with Crippen molar-refractivity contribution in [1.82, 2.24) is 0 Å². The minimum absolute atomic E-state index is 0.265. The lowest BCUT2D eigenvalue weighted by Gasteiger charge is -2.14. The second-order valence-corrected chi connectivity index (χ2v) is 10.1. The first-order chi connectivity index (χ1) is 6.78. The average Bonchev–Trinajstić information content (AvgIpc) is 2.01. The van der Waals surface area contributed by atoms with Crippen molar-refractivity contribution in [2.24, 2.45) is 0 Å². The zero-order valence-corrected chi connectivity index (χ0v) is 10.5. The lowest BCUT2D eigenvalue weighted by Crippen LogP contribution is -2.28. The van der Waals surface area contributed by atoms with Gasteiger partial charge >= 0.3 is 11.7 Å². The van der Waals surface area contributed by atoms with Crippen LogP contribution in [0.4, 0.5) is 0 Å². The van der Waals surface area contributed by atoms with E-state index in [1.165, 1.54) is 0 Å². The summed E-state index contributed by atoms with van der Waals surface area (Å²) >= 11 is 0. The topological polar surface area (TPSA) is 79.8 Å². The first-order valence-corrected chi connectivity index (χ1v) is 8.39. The Hall–Kier alpha value is -1.26. The normalized spacial score (nSPS) is 10.4. The summed E-state index contributed by atoms with van der Waals surface area (Å²) < 4.78 is 4.82. The third-order valence-corrected chi connectivity index (χ3v) is 3.42. The molecule has 15 heavy (non-hydrogen) atoms. The summed E-state index contributed by atoms with van der Waals surface area (Å²) in [6.07, 6.45) is 0. The summed E-state index contributed by atoms with van der Waals surface area (Å²) in [4.78, 5) is 24.6. The minimum Gasteiger partial charge on any atom is -0.457 e. The van der Waals surface area contributed by atoms with E-state index in [9.17, 15) is 9.59 Å². The number of carbonyl (C=O) groups excluding carboxylic acids is 2. The zero-order valence-electron chi connectivity index (χ0n) is 9.53. The third-order valence-electron chi connectivity index (χ3n) is 1.71. The maximum absolute atomic E-state index is 11.2. The van der Waals surface area contributed by atoms with Crippen LogP contribution < -0.4 is 0 Å². The van der Waals surface area contributed by atoms with E-state index in [4.69, 9.17) is 10.3 Å². The van der Waals surface area contributed by atoms with Gasteiger partial charge in [-0.25, -0.2) is 4.79 Å². The number of hydrogen-bond donors (Lipinski definition) is 0. The summed E-state index contributed by atoms with van der Waals surface area (Å²) in [6.45, 7) is 7.85. The van der Waals surface area contributed by atoms with Crippen LogP contribution in [-0.4, -0.2) is 36.9 Å². The third kappa shape index (κ3) is 5.93. The molecular weight excluding hydrogens is 212 g/mol. The van der Waals surface area contributed by atoms with Gasteiger partial charge in [0.25, 0.3) is 0 Å². The Labute approximate surface area is 90.1 Å². The molecule has 0 aromatic heterocycles. The summed E-state index contributed by atoms with van der Waals surface area (Å²) in [5.74, 6) is -1.46. The molecule has 0 aliphatic carbocycles. The van der Waals surface area contributed by atoms with E-state index in [-0.39, 0.29) is 6.61 Å². The van der Waals surface area contributed by atoms with Gasteiger partial charge in [0.1, 0.15) is 0 Å². The van der Waals surface area contributed by atoms with Gasteiger partial charge in [0.05, 0.1) is 6.61 Å². The molecule has 0 N–H and O–H groups in total. The molecule has 0 amide bonds. The van der Waals surface area contributed by atoms with Crippen LogP contribution in [0.5, 0.6) is 0 Å². The Balaban J connectivity index is 4.17. The number of hydrogen-bond acceptors (Lipinski definition) is 3.